The molecule has 1 aromatic carbocycles. The van der Waals surface area contributed by atoms with E-state index in [1.54, 1.807) is 12.1 Å². The zero-order chi connectivity index (χ0) is 14.9. The highest BCUT2D eigenvalue weighted by Gasteiger charge is 2.16. The first kappa shape index (κ1) is 16.3. The number of benzene rings is 1. The van der Waals surface area contributed by atoms with Crippen molar-refractivity contribution in [3.63, 3.8) is 0 Å². The van der Waals surface area contributed by atoms with Crippen molar-refractivity contribution in [2.75, 3.05) is 26.2 Å². The Balaban J connectivity index is 1.72. The average Bonchev–Trinajstić information content (AvgIpc) is 2.50. The Morgan fingerprint density at radius 3 is 2.48 bits per heavy atom. The topological polar surface area (TPSA) is 12.5 Å². The molecule has 0 amide bonds. The lowest BCUT2D eigenvalue weighted by atomic mass is 9.98. The molecule has 1 aromatic rings. The highest BCUT2D eigenvalue weighted by atomic mass is 19.1. The molecule has 0 radical (unpaired) electrons. The number of piperidine rings is 1. The molecule has 1 unspecified atom stereocenters. The van der Waals surface area contributed by atoms with Crippen LogP contribution in [0.15, 0.2) is 24.3 Å². The molecule has 0 aromatic heterocycles. The Labute approximate surface area is 128 Å². The number of halogens is 1. The van der Waals surface area contributed by atoms with Gasteiger partial charge < -0.3 is 9.64 Å². The molecule has 0 N–H and O–H groups in total. The number of ether oxygens (including phenoxy) is 1. The summed E-state index contributed by atoms with van der Waals surface area (Å²) in [5, 5.41) is 0. The Bertz CT molecular complexity index is 387. The van der Waals surface area contributed by atoms with Crippen LogP contribution in [0.5, 0.6) is 5.75 Å². The summed E-state index contributed by atoms with van der Waals surface area (Å²) < 4.78 is 18.6. The summed E-state index contributed by atoms with van der Waals surface area (Å²) in [6.07, 6.45) is 7.68. The second kappa shape index (κ2) is 9.04. The number of hydrogen-bond donors (Lipinski definition) is 0. The molecule has 1 aliphatic heterocycles. The maximum Gasteiger partial charge on any atom is 0.123 e. The van der Waals surface area contributed by atoms with Gasteiger partial charge in [0.2, 0.25) is 0 Å². The van der Waals surface area contributed by atoms with Crippen molar-refractivity contribution >= 4 is 0 Å². The van der Waals surface area contributed by atoms with Crippen LogP contribution in [-0.2, 0) is 0 Å². The molecule has 3 heteroatoms. The van der Waals surface area contributed by atoms with E-state index in [1.165, 1.54) is 63.9 Å². The standard InChI is InChI=1S/C18H28FNO/c1-2-6-16(15-20-12-4-3-5-13-20)11-14-21-18-9-7-17(19)8-10-18/h7-10,16H,2-6,11-15H2,1H3. The molecule has 0 spiro atoms. The molecule has 118 valence electrons. The minimum Gasteiger partial charge on any atom is -0.494 e. The lowest BCUT2D eigenvalue weighted by Crippen LogP contribution is -2.34. The predicted molar refractivity (Wildman–Crippen MR) is 85.2 cm³/mol. The van der Waals surface area contributed by atoms with Crippen molar-refractivity contribution < 1.29 is 9.13 Å². The summed E-state index contributed by atoms with van der Waals surface area (Å²) in [6, 6.07) is 6.31. The van der Waals surface area contributed by atoms with Gasteiger partial charge >= 0.3 is 0 Å². The van der Waals surface area contributed by atoms with E-state index in [0.29, 0.717) is 5.92 Å². The van der Waals surface area contributed by atoms with Gasteiger partial charge in [-0.1, -0.05) is 19.8 Å². The predicted octanol–water partition coefficient (Wildman–Crippen LogP) is 4.50. The zero-order valence-corrected chi connectivity index (χ0v) is 13.2. The van der Waals surface area contributed by atoms with E-state index in [-0.39, 0.29) is 5.82 Å². The fourth-order valence-electron chi connectivity index (χ4n) is 3.12. The first-order chi connectivity index (χ1) is 10.3. The summed E-state index contributed by atoms with van der Waals surface area (Å²) in [7, 11) is 0. The van der Waals surface area contributed by atoms with Gasteiger partial charge in [0.1, 0.15) is 11.6 Å². The molecule has 0 aliphatic carbocycles. The molecular formula is C18H28FNO. The first-order valence-corrected chi connectivity index (χ1v) is 8.38. The zero-order valence-electron chi connectivity index (χ0n) is 13.2. The maximum absolute atomic E-state index is 12.8. The lowest BCUT2D eigenvalue weighted by molar-refractivity contribution is 0.171. The second-order valence-corrected chi connectivity index (χ2v) is 6.11. The normalized spacial score (nSPS) is 17.6. The summed E-state index contributed by atoms with van der Waals surface area (Å²) in [6.45, 7) is 6.72. The molecule has 1 atom stereocenters. The van der Waals surface area contributed by atoms with Crippen LogP contribution >= 0.6 is 0 Å². The number of hydrogen-bond acceptors (Lipinski definition) is 2. The molecule has 1 heterocycles. The van der Waals surface area contributed by atoms with Crippen LogP contribution in [0.3, 0.4) is 0 Å². The summed E-state index contributed by atoms with van der Waals surface area (Å²) >= 11 is 0. The van der Waals surface area contributed by atoms with Crippen LogP contribution in [0, 0.1) is 11.7 Å². The monoisotopic (exact) mass is 293 g/mol. The van der Waals surface area contributed by atoms with Crippen molar-refractivity contribution in [3.05, 3.63) is 30.1 Å². The van der Waals surface area contributed by atoms with Crippen molar-refractivity contribution in [1.82, 2.24) is 4.90 Å². The van der Waals surface area contributed by atoms with E-state index in [4.69, 9.17) is 4.74 Å². The van der Waals surface area contributed by atoms with Gasteiger partial charge in [-0.25, -0.2) is 4.39 Å². The minimum absolute atomic E-state index is 0.212. The summed E-state index contributed by atoms with van der Waals surface area (Å²) in [4.78, 5) is 2.61. The number of rotatable bonds is 8. The van der Waals surface area contributed by atoms with Crippen molar-refractivity contribution in [2.45, 2.75) is 45.4 Å². The van der Waals surface area contributed by atoms with Crippen LogP contribution in [-0.4, -0.2) is 31.1 Å². The largest absolute Gasteiger partial charge is 0.494 e. The van der Waals surface area contributed by atoms with Gasteiger partial charge in [0.05, 0.1) is 6.61 Å². The van der Waals surface area contributed by atoms with E-state index in [2.05, 4.69) is 11.8 Å². The van der Waals surface area contributed by atoms with Crippen molar-refractivity contribution in [3.8, 4) is 5.75 Å². The Kier molecular flexibility index (Phi) is 7.01. The van der Waals surface area contributed by atoms with Gasteiger partial charge in [0.25, 0.3) is 0 Å². The van der Waals surface area contributed by atoms with Crippen LogP contribution in [0.25, 0.3) is 0 Å². The Hall–Kier alpha value is -1.09. The molecular weight excluding hydrogens is 265 g/mol. The SMILES string of the molecule is CCCC(CCOc1ccc(F)cc1)CN1CCCCC1. The third-order valence-corrected chi connectivity index (χ3v) is 4.27. The van der Waals surface area contributed by atoms with Crippen LogP contribution in [0.2, 0.25) is 0 Å². The second-order valence-electron chi connectivity index (χ2n) is 6.11. The highest BCUT2D eigenvalue weighted by Crippen LogP contribution is 2.18. The molecule has 1 fully saturated rings. The Morgan fingerprint density at radius 1 is 1.10 bits per heavy atom. The molecule has 2 rings (SSSR count). The average molecular weight is 293 g/mol. The molecule has 21 heavy (non-hydrogen) atoms. The van der Waals surface area contributed by atoms with E-state index in [0.717, 1.165) is 18.8 Å². The molecule has 2 nitrogen and oxygen atoms in total. The van der Waals surface area contributed by atoms with E-state index < -0.39 is 0 Å². The van der Waals surface area contributed by atoms with Gasteiger partial charge in [-0.2, -0.15) is 0 Å². The van der Waals surface area contributed by atoms with Crippen molar-refractivity contribution in [2.24, 2.45) is 5.92 Å². The highest BCUT2D eigenvalue weighted by molar-refractivity contribution is 5.21. The fraction of sp³-hybridized carbons (Fsp3) is 0.667. The number of likely N-dealkylation sites (tertiary alicyclic amines) is 1. The molecule has 0 bridgehead atoms. The minimum atomic E-state index is -0.212. The Morgan fingerprint density at radius 2 is 1.81 bits per heavy atom. The van der Waals surface area contributed by atoms with Gasteiger partial charge in [-0.05, 0) is 69.0 Å². The summed E-state index contributed by atoms with van der Waals surface area (Å²) in [5.74, 6) is 1.27. The third-order valence-electron chi connectivity index (χ3n) is 4.27. The van der Waals surface area contributed by atoms with Crippen LogP contribution in [0.1, 0.15) is 45.4 Å². The van der Waals surface area contributed by atoms with E-state index >= 15 is 0 Å². The van der Waals surface area contributed by atoms with Crippen LogP contribution in [0.4, 0.5) is 4.39 Å². The number of nitrogens with zero attached hydrogens (tertiary/aromatic N) is 1. The van der Waals surface area contributed by atoms with E-state index in [1.807, 2.05) is 0 Å². The summed E-state index contributed by atoms with van der Waals surface area (Å²) in [5.41, 5.74) is 0. The van der Waals surface area contributed by atoms with Gasteiger partial charge in [-0.15, -0.1) is 0 Å². The lowest BCUT2D eigenvalue weighted by Gasteiger charge is -2.30. The van der Waals surface area contributed by atoms with Crippen molar-refractivity contribution in [1.29, 1.82) is 0 Å². The maximum atomic E-state index is 12.8. The third kappa shape index (κ3) is 6.04. The van der Waals surface area contributed by atoms with Gasteiger partial charge in [0, 0.05) is 6.54 Å². The molecule has 1 saturated heterocycles. The smallest absolute Gasteiger partial charge is 0.123 e. The van der Waals surface area contributed by atoms with Crippen LogP contribution < -0.4 is 4.74 Å². The van der Waals surface area contributed by atoms with E-state index in [9.17, 15) is 4.39 Å². The van der Waals surface area contributed by atoms with Gasteiger partial charge in [-0.3, -0.25) is 0 Å². The first-order valence-electron chi connectivity index (χ1n) is 8.38. The molecule has 1 aliphatic rings. The van der Waals surface area contributed by atoms with Gasteiger partial charge in [0.15, 0.2) is 0 Å². The quantitative estimate of drug-likeness (QED) is 0.700. The fourth-order valence-corrected chi connectivity index (χ4v) is 3.12. The molecule has 0 saturated carbocycles.